The lowest BCUT2D eigenvalue weighted by Gasteiger charge is -2.09. The van der Waals surface area contributed by atoms with Crippen molar-refractivity contribution in [3.8, 4) is 11.5 Å². The van der Waals surface area contributed by atoms with Crippen molar-refractivity contribution in [2.45, 2.75) is 19.4 Å². The maximum atomic E-state index is 6.02. The molecule has 0 aliphatic carbocycles. The molecule has 0 aliphatic heterocycles. The number of nitrogens with one attached hydrogen (secondary N) is 1. The second-order valence-electron chi connectivity index (χ2n) is 7.79. The summed E-state index contributed by atoms with van der Waals surface area (Å²) in [5.41, 5.74) is 4.26. The molecule has 168 valence electrons. The number of pyridine rings is 1. The van der Waals surface area contributed by atoms with E-state index < -0.39 is 0 Å². The SMILES string of the molecule is C(=COc1ccc(Cc2cccc(OCc3ccc4ccccc4n3)c2)cc1)Cc1nnn[nH]1. The van der Waals surface area contributed by atoms with Gasteiger partial charge in [0.2, 0.25) is 0 Å². The summed E-state index contributed by atoms with van der Waals surface area (Å²) in [6.45, 7) is 0.431. The van der Waals surface area contributed by atoms with E-state index in [1.165, 1.54) is 11.1 Å². The van der Waals surface area contributed by atoms with E-state index in [1.54, 1.807) is 6.26 Å². The quantitative estimate of drug-likeness (QED) is 0.317. The molecule has 0 fully saturated rings. The van der Waals surface area contributed by atoms with E-state index >= 15 is 0 Å². The molecule has 0 saturated carbocycles. The Hall–Kier alpha value is -4.52. The second kappa shape index (κ2) is 10.4. The summed E-state index contributed by atoms with van der Waals surface area (Å²) in [6.07, 6.45) is 4.89. The third-order valence-electron chi connectivity index (χ3n) is 5.27. The molecular formula is C27H23N5O2. The van der Waals surface area contributed by atoms with E-state index in [-0.39, 0.29) is 0 Å². The van der Waals surface area contributed by atoms with Crippen LogP contribution in [0.25, 0.3) is 10.9 Å². The molecule has 0 saturated heterocycles. The van der Waals surface area contributed by atoms with E-state index in [0.717, 1.165) is 34.5 Å². The Morgan fingerprint density at radius 2 is 1.74 bits per heavy atom. The third-order valence-corrected chi connectivity index (χ3v) is 5.27. The molecule has 5 aromatic rings. The minimum atomic E-state index is 0.431. The first-order valence-electron chi connectivity index (χ1n) is 11.0. The molecular weight excluding hydrogens is 426 g/mol. The number of tetrazole rings is 1. The number of aromatic nitrogens is 5. The molecule has 1 N–H and O–H groups in total. The van der Waals surface area contributed by atoms with Crippen LogP contribution in [0.1, 0.15) is 22.6 Å². The van der Waals surface area contributed by atoms with Crippen molar-refractivity contribution in [2.24, 2.45) is 0 Å². The molecule has 3 aromatic carbocycles. The minimum Gasteiger partial charge on any atom is -0.487 e. The monoisotopic (exact) mass is 449 g/mol. The highest BCUT2D eigenvalue weighted by Crippen LogP contribution is 2.20. The highest BCUT2D eigenvalue weighted by atomic mass is 16.5. The molecule has 0 bridgehead atoms. The molecule has 7 heteroatoms. The largest absolute Gasteiger partial charge is 0.487 e. The Morgan fingerprint density at radius 1 is 0.824 bits per heavy atom. The van der Waals surface area contributed by atoms with Crippen LogP contribution < -0.4 is 9.47 Å². The van der Waals surface area contributed by atoms with E-state index in [0.29, 0.717) is 18.9 Å². The van der Waals surface area contributed by atoms with Crippen molar-refractivity contribution < 1.29 is 9.47 Å². The van der Waals surface area contributed by atoms with Crippen LogP contribution >= 0.6 is 0 Å². The molecule has 0 spiro atoms. The molecule has 7 nitrogen and oxygen atoms in total. The fourth-order valence-corrected chi connectivity index (χ4v) is 3.56. The number of H-pyrrole nitrogens is 1. The summed E-state index contributed by atoms with van der Waals surface area (Å²) < 4.78 is 11.7. The highest BCUT2D eigenvalue weighted by molar-refractivity contribution is 5.78. The number of para-hydroxylation sites is 1. The summed E-state index contributed by atoms with van der Waals surface area (Å²) in [6, 6.07) is 28.4. The highest BCUT2D eigenvalue weighted by Gasteiger charge is 2.03. The van der Waals surface area contributed by atoms with E-state index in [4.69, 9.17) is 9.47 Å². The first-order valence-corrected chi connectivity index (χ1v) is 11.0. The van der Waals surface area contributed by atoms with Gasteiger partial charge in [-0.1, -0.05) is 48.5 Å². The number of ether oxygens (including phenoxy) is 2. The lowest BCUT2D eigenvalue weighted by Crippen LogP contribution is -1.99. The average Bonchev–Trinajstić information content (AvgIpc) is 3.40. The third kappa shape index (κ3) is 5.63. The van der Waals surface area contributed by atoms with Crippen LogP contribution in [0.15, 0.2) is 97.3 Å². The predicted molar refractivity (Wildman–Crippen MR) is 129 cm³/mol. The summed E-state index contributed by atoms with van der Waals surface area (Å²) >= 11 is 0. The van der Waals surface area contributed by atoms with Gasteiger partial charge < -0.3 is 9.47 Å². The minimum absolute atomic E-state index is 0.431. The maximum absolute atomic E-state index is 6.02. The van der Waals surface area contributed by atoms with Crippen LogP contribution in [0.2, 0.25) is 0 Å². The van der Waals surface area contributed by atoms with E-state index in [2.05, 4.69) is 62.0 Å². The lowest BCUT2D eigenvalue weighted by molar-refractivity contribution is 0.301. The van der Waals surface area contributed by atoms with Gasteiger partial charge in [0.05, 0.1) is 17.5 Å². The summed E-state index contributed by atoms with van der Waals surface area (Å²) in [7, 11) is 0. The van der Waals surface area contributed by atoms with Crippen LogP contribution in [-0.4, -0.2) is 25.6 Å². The molecule has 2 heterocycles. The summed E-state index contributed by atoms with van der Waals surface area (Å²) in [5.74, 6) is 2.30. The van der Waals surface area contributed by atoms with Gasteiger partial charge in [0, 0.05) is 11.8 Å². The van der Waals surface area contributed by atoms with Gasteiger partial charge in [0.15, 0.2) is 5.82 Å². The van der Waals surface area contributed by atoms with E-state index in [9.17, 15) is 0 Å². The Labute approximate surface area is 197 Å². The van der Waals surface area contributed by atoms with Crippen molar-refractivity contribution in [3.05, 3.63) is 120 Å². The van der Waals surface area contributed by atoms with Crippen LogP contribution in [-0.2, 0) is 19.4 Å². The topological polar surface area (TPSA) is 85.8 Å². The molecule has 0 atom stereocenters. The predicted octanol–water partition coefficient (Wildman–Crippen LogP) is 5.05. The standard InChI is InChI=1S/C27H23N5O2/c1-2-8-26-22(6-1)12-13-23(28-26)19-34-25-7-3-5-21(18-25)17-20-10-14-24(15-11-20)33-16-4-9-27-29-31-32-30-27/h1-8,10-16,18H,9,17,19H2,(H,29,30,31,32). The van der Waals surface area contributed by atoms with Gasteiger partial charge in [-0.3, -0.25) is 0 Å². The Morgan fingerprint density at radius 3 is 2.62 bits per heavy atom. The lowest BCUT2D eigenvalue weighted by atomic mass is 10.0. The van der Waals surface area contributed by atoms with Gasteiger partial charge in [-0.15, -0.1) is 5.10 Å². The van der Waals surface area contributed by atoms with Gasteiger partial charge >= 0.3 is 0 Å². The number of benzene rings is 3. The number of allylic oxidation sites excluding steroid dienone is 1. The number of hydrogen-bond donors (Lipinski definition) is 1. The number of aromatic amines is 1. The molecule has 2 aromatic heterocycles. The van der Waals surface area contributed by atoms with E-state index in [1.807, 2.05) is 54.6 Å². The van der Waals surface area contributed by atoms with Crippen LogP contribution in [0.5, 0.6) is 11.5 Å². The fourth-order valence-electron chi connectivity index (χ4n) is 3.56. The van der Waals surface area contributed by atoms with Crippen molar-refractivity contribution in [1.29, 1.82) is 0 Å². The van der Waals surface area contributed by atoms with Crippen LogP contribution in [0.3, 0.4) is 0 Å². The number of rotatable bonds is 9. The van der Waals surface area contributed by atoms with Gasteiger partial charge in [-0.05, 0) is 70.4 Å². The normalized spacial score (nSPS) is 11.2. The van der Waals surface area contributed by atoms with Gasteiger partial charge in [-0.25, -0.2) is 10.1 Å². The number of nitrogens with zero attached hydrogens (tertiary/aromatic N) is 4. The molecule has 34 heavy (non-hydrogen) atoms. The zero-order valence-electron chi connectivity index (χ0n) is 18.5. The number of hydrogen-bond acceptors (Lipinski definition) is 6. The molecule has 0 aliphatic rings. The van der Waals surface area contributed by atoms with Crippen molar-refractivity contribution in [1.82, 2.24) is 25.6 Å². The average molecular weight is 450 g/mol. The van der Waals surface area contributed by atoms with Crippen molar-refractivity contribution in [3.63, 3.8) is 0 Å². The first kappa shape index (κ1) is 21.3. The Kier molecular flexibility index (Phi) is 6.52. The Balaban J connectivity index is 1.15. The fraction of sp³-hybridized carbons (Fsp3) is 0.111. The zero-order valence-corrected chi connectivity index (χ0v) is 18.5. The summed E-state index contributed by atoms with van der Waals surface area (Å²) in [4.78, 5) is 4.68. The molecule has 5 rings (SSSR count). The smallest absolute Gasteiger partial charge is 0.152 e. The Bertz CT molecular complexity index is 1380. The zero-order chi connectivity index (χ0) is 23.0. The summed E-state index contributed by atoms with van der Waals surface area (Å²) in [5, 5.41) is 14.7. The van der Waals surface area contributed by atoms with Crippen LogP contribution in [0, 0.1) is 0 Å². The molecule has 0 unspecified atom stereocenters. The molecule has 0 radical (unpaired) electrons. The first-order chi connectivity index (χ1) is 16.8. The van der Waals surface area contributed by atoms with Crippen molar-refractivity contribution in [2.75, 3.05) is 0 Å². The van der Waals surface area contributed by atoms with Gasteiger partial charge in [0.1, 0.15) is 18.1 Å². The molecule has 0 amide bonds. The van der Waals surface area contributed by atoms with Crippen LogP contribution in [0.4, 0.5) is 0 Å². The van der Waals surface area contributed by atoms with Gasteiger partial charge in [0.25, 0.3) is 0 Å². The van der Waals surface area contributed by atoms with Crippen molar-refractivity contribution >= 4 is 10.9 Å². The number of fused-ring (bicyclic) bond motifs is 1. The second-order valence-corrected chi connectivity index (χ2v) is 7.79. The van der Waals surface area contributed by atoms with Gasteiger partial charge in [-0.2, -0.15) is 0 Å². The maximum Gasteiger partial charge on any atom is 0.152 e.